The SMILES string of the molecule is CCC(C)N(CC(=O)N(Cc1ccccc1)Cc1ccc(C)s1)C(=O)Nc1ccc(Br)cc1. The van der Waals surface area contributed by atoms with Gasteiger partial charge >= 0.3 is 6.03 Å². The maximum Gasteiger partial charge on any atom is 0.322 e. The molecule has 0 spiro atoms. The molecule has 3 amide bonds. The van der Waals surface area contributed by atoms with Gasteiger partial charge in [-0.15, -0.1) is 11.3 Å². The summed E-state index contributed by atoms with van der Waals surface area (Å²) in [6.45, 7) is 7.10. The van der Waals surface area contributed by atoms with E-state index in [-0.39, 0.29) is 24.5 Å². The zero-order chi connectivity index (χ0) is 23.8. The quantitative estimate of drug-likeness (QED) is 0.337. The van der Waals surface area contributed by atoms with Gasteiger partial charge in [0.05, 0.1) is 6.54 Å². The van der Waals surface area contributed by atoms with Gasteiger partial charge in [-0.1, -0.05) is 53.2 Å². The van der Waals surface area contributed by atoms with Crippen LogP contribution in [0, 0.1) is 6.92 Å². The Labute approximate surface area is 208 Å². The monoisotopic (exact) mass is 527 g/mol. The molecule has 1 unspecified atom stereocenters. The highest BCUT2D eigenvalue weighted by Crippen LogP contribution is 2.20. The van der Waals surface area contributed by atoms with E-state index in [1.807, 2.05) is 73.3 Å². The Morgan fingerprint density at radius 1 is 1.00 bits per heavy atom. The number of thiophene rings is 1. The fourth-order valence-corrected chi connectivity index (χ4v) is 4.59. The van der Waals surface area contributed by atoms with E-state index in [0.717, 1.165) is 21.3 Å². The molecule has 0 fully saturated rings. The number of benzene rings is 2. The first kappa shape index (κ1) is 25.0. The van der Waals surface area contributed by atoms with Gasteiger partial charge in [0.25, 0.3) is 0 Å². The summed E-state index contributed by atoms with van der Waals surface area (Å²) in [7, 11) is 0. The highest BCUT2D eigenvalue weighted by Gasteiger charge is 2.25. The number of hydrogen-bond donors (Lipinski definition) is 1. The second kappa shape index (κ2) is 12.0. The van der Waals surface area contributed by atoms with Crippen molar-refractivity contribution in [3.63, 3.8) is 0 Å². The first-order chi connectivity index (χ1) is 15.9. The zero-order valence-electron chi connectivity index (χ0n) is 19.3. The molecular formula is C26H30BrN3O2S. The van der Waals surface area contributed by atoms with E-state index in [4.69, 9.17) is 0 Å². The summed E-state index contributed by atoms with van der Waals surface area (Å²) in [4.78, 5) is 32.4. The third-order valence-corrected chi connectivity index (χ3v) is 7.01. The van der Waals surface area contributed by atoms with Crippen LogP contribution in [-0.2, 0) is 17.9 Å². The highest BCUT2D eigenvalue weighted by atomic mass is 79.9. The van der Waals surface area contributed by atoms with Crippen molar-refractivity contribution in [2.24, 2.45) is 0 Å². The molecule has 3 rings (SSSR count). The number of rotatable bonds is 9. The summed E-state index contributed by atoms with van der Waals surface area (Å²) in [5, 5.41) is 2.93. The summed E-state index contributed by atoms with van der Waals surface area (Å²) < 4.78 is 0.940. The maximum absolute atomic E-state index is 13.5. The van der Waals surface area contributed by atoms with Gasteiger partial charge in [0.2, 0.25) is 5.91 Å². The van der Waals surface area contributed by atoms with Crippen LogP contribution in [0.3, 0.4) is 0 Å². The van der Waals surface area contributed by atoms with Crippen molar-refractivity contribution in [1.82, 2.24) is 9.80 Å². The summed E-state index contributed by atoms with van der Waals surface area (Å²) in [6, 6.07) is 21.2. The number of hydrogen-bond acceptors (Lipinski definition) is 3. The molecule has 0 aliphatic heterocycles. The lowest BCUT2D eigenvalue weighted by molar-refractivity contribution is -0.133. The van der Waals surface area contributed by atoms with Crippen LogP contribution in [0.15, 0.2) is 71.2 Å². The Hall–Kier alpha value is -2.64. The molecule has 1 N–H and O–H groups in total. The maximum atomic E-state index is 13.5. The molecule has 1 aromatic heterocycles. The zero-order valence-corrected chi connectivity index (χ0v) is 21.7. The average Bonchev–Trinajstić information content (AvgIpc) is 3.23. The Morgan fingerprint density at radius 3 is 2.30 bits per heavy atom. The van der Waals surface area contributed by atoms with E-state index in [2.05, 4.69) is 40.3 Å². The van der Waals surface area contributed by atoms with E-state index in [1.54, 1.807) is 16.2 Å². The first-order valence-electron chi connectivity index (χ1n) is 11.1. The number of halogens is 1. The third kappa shape index (κ3) is 7.44. The van der Waals surface area contributed by atoms with Crippen LogP contribution >= 0.6 is 27.3 Å². The van der Waals surface area contributed by atoms with Crippen LogP contribution < -0.4 is 5.32 Å². The molecule has 174 valence electrons. The number of urea groups is 1. The Kier molecular flexibility index (Phi) is 9.09. The van der Waals surface area contributed by atoms with Crippen LogP contribution in [0.4, 0.5) is 10.5 Å². The van der Waals surface area contributed by atoms with Gasteiger partial charge in [0.15, 0.2) is 0 Å². The molecule has 1 atom stereocenters. The van der Waals surface area contributed by atoms with E-state index in [0.29, 0.717) is 18.8 Å². The molecule has 0 aliphatic rings. The number of carbonyl (C=O) groups excluding carboxylic acids is 2. The second-order valence-electron chi connectivity index (χ2n) is 8.07. The summed E-state index contributed by atoms with van der Waals surface area (Å²) >= 11 is 5.10. The molecule has 5 nitrogen and oxygen atoms in total. The van der Waals surface area contributed by atoms with Gasteiger partial charge < -0.3 is 15.1 Å². The largest absolute Gasteiger partial charge is 0.332 e. The van der Waals surface area contributed by atoms with Crippen LogP contribution in [0.5, 0.6) is 0 Å². The lowest BCUT2D eigenvalue weighted by Gasteiger charge is -2.31. The lowest BCUT2D eigenvalue weighted by Crippen LogP contribution is -2.47. The molecule has 33 heavy (non-hydrogen) atoms. The number of amides is 3. The molecule has 2 aromatic carbocycles. The molecule has 7 heteroatoms. The molecule has 3 aromatic rings. The van der Waals surface area contributed by atoms with E-state index >= 15 is 0 Å². The molecule has 0 bridgehead atoms. The van der Waals surface area contributed by atoms with Crippen molar-refractivity contribution in [2.45, 2.75) is 46.3 Å². The number of carbonyl (C=O) groups is 2. The van der Waals surface area contributed by atoms with Gasteiger partial charge in [-0.05, 0) is 62.2 Å². The van der Waals surface area contributed by atoms with Gasteiger partial charge in [-0.3, -0.25) is 4.79 Å². The molecule has 0 saturated heterocycles. The van der Waals surface area contributed by atoms with Crippen LogP contribution in [0.2, 0.25) is 0 Å². The van der Waals surface area contributed by atoms with E-state index < -0.39 is 0 Å². The average molecular weight is 529 g/mol. The van der Waals surface area contributed by atoms with Crippen LogP contribution in [0.1, 0.15) is 35.6 Å². The number of anilines is 1. The van der Waals surface area contributed by atoms with Gasteiger partial charge in [0.1, 0.15) is 6.54 Å². The standard InChI is InChI=1S/C26H30BrN3O2S/c1-4-19(2)30(26(32)28-23-13-11-22(27)12-14-23)18-25(31)29(16-21-8-6-5-7-9-21)17-24-15-10-20(3)33-24/h5-15,19H,4,16-18H2,1-3H3,(H,28,32). The minimum Gasteiger partial charge on any atom is -0.332 e. The molecule has 1 heterocycles. The topological polar surface area (TPSA) is 52.7 Å². The van der Waals surface area contributed by atoms with Crippen molar-refractivity contribution < 1.29 is 9.59 Å². The van der Waals surface area contributed by atoms with Gasteiger partial charge in [0, 0.05) is 32.5 Å². The van der Waals surface area contributed by atoms with Gasteiger partial charge in [-0.25, -0.2) is 4.79 Å². The van der Waals surface area contributed by atoms with Crippen LogP contribution in [-0.4, -0.2) is 34.3 Å². The summed E-state index contributed by atoms with van der Waals surface area (Å²) in [5.74, 6) is -0.0730. The normalized spacial score (nSPS) is 11.6. The molecule has 0 saturated carbocycles. The Bertz CT molecular complexity index is 1050. The van der Waals surface area contributed by atoms with Crippen molar-refractivity contribution in [3.8, 4) is 0 Å². The number of nitrogens with zero attached hydrogens (tertiary/aromatic N) is 2. The second-order valence-corrected chi connectivity index (χ2v) is 10.4. The molecule has 0 aliphatic carbocycles. The van der Waals surface area contributed by atoms with E-state index in [1.165, 1.54) is 4.88 Å². The van der Waals surface area contributed by atoms with E-state index in [9.17, 15) is 9.59 Å². The summed E-state index contributed by atoms with van der Waals surface area (Å²) in [5.41, 5.74) is 1.76. The van der Waals surface area contributed by atoms with Crippen molar-refractivity contribution >= 4 is 44.9 Å². The highest BCUT2D eigenvalue weighted by molar-refractivity contribution is 9.10. The molecule has 0 radical (unpaired) electrons. The summed E-state index contributed by atoms with van der Waals surface area (Å²) in [6.07, 6.45) is 0.754. The predicted molar refractivity (Wildman–Crippen MR) is 139 cm³/mol. The van der Waals surface area contributed by atoms with Crippen molar-refractivity contribution in [1.29, 1.82) is 0 Å². The number of nitrogens with one attached hydrogen (secondary N) is 1. The fourth-order valence-electron chi connectivity index (χ4n) is 3.42. The Balaban J connectivity index is 1.77. The van der Waals surface area contributed by atoms with Crippen LogP contribution in [0.25, 0.3) is 0 Å². The first-order valence-corrected chi connectivity index (χ1v) is 12.7. The fraction of sp³-hybridized carbons (Fsp3) is 0.308. The minimum atomic E-state index is -0.272. The lowest BCUT2D eigenvalue weighted by atomic mass is 10.2. The van der Waals surface area contributed by atoms with Crippen molar-refractivity contribution in [2.75, 3.05) is 11.9 Å². The number of aryl methyl sites for hydroxylation is 1. The van der Waals surface area contributed by atoms with Crippen molar-refractivity contribution in [3.05, 3.63) is 86.5 Å². The molecular weight excluding hydrogens is 498 g/mol. The minimum absolute atomic E-state index is 0.0224. The predicted octanol–water partition coefficient (Wildman–Crippen LogP) is 6.68. The smallest absolute Gasteiger partial charge is 0.322 e. The Morgan fingerprint density at radius 2 is 1.70 bits per heavy atom. The third-order valence-electron chi connectivity index (χ3n) is 5.50. The van der Waals surface area contributed by atoms with Gasteiger partial charge in [-0.2, -0.15) is 0 Å².